The van der Waals surface area contributed by atoms with E-state index in [1.807, 2.05) is 24.9 Å². The van der Waals surface area contributed by atoms with Gasteiger partial charge in [-0.3, -0.25) is 9.48 Å². The van der Waals surface area contributed by atoms with E-state index in [-0.39, 0.29) is 29.1 Å². The van der Waals surface area contributed by atoms with Gasteiger partial charge < -0.3 is 10.0 Å². The van der Waals surface area contributed by atoms with Crippen LogP contribution < -0.4 is 0 Å². The first kappa shape index (κ1) is 21.1. The molecule has 31 heavy (non-hydrogen) atoms. The van der Waals surface area contributed by atoms with Crippen LogP contribution in [0.5, 0.6) is 5.75 Å². The minimum Gasteiger partial charge on any atom is -0.507 e. The summed E-state index contributed by atoms with van der Waals surface area (Å²) in [5.41, 5.74) is -0.118. The van der Waals surface area contributed by atoms with E-state index in [0.29, 0.717) is 30.7 Å². The molecular formula is C22H23F3N4O2. The third kappa shape index (κ3) is 3.84. The molecule has 0 aliphatic carbocycles. The predicted octanol–water partition coefficient (Wildman–Crippen LogP) is 4.70. The van der Waals surface area contributed by atoms with Gasteiger partial charge in [0.25, 0.3) is 0 Å². The summed E-state index contributed by atoms with van der Waals surface area (Å²) in [6.07, 6.45) is -1.54. The van der Waals surface area contributed by atoms with Gasteiger partial charge in [0.1, 0.15) is 5.75 Å². The lowest BCUT2D eigenvalue weighted by Gasteiger charge is -2.35. The highest BCUT2D eigenvalue weighted by atomic mass is 19.4. The van der Waals surface area contributed by atoms with Crippen LogP contribution in [-0.4, -0.2) is 43.3 Å². The van der Waals surface area contributed by atoms with Gasteiger partial charge in [0, 0.05) is 41.7 Å². The van der Waals surface area contributed by atoms with E-state index in [1.165, 1.54) is 13.0 Å². The second kappa shape index (κ2) is 7.55. The van der Waals surface area contributed by atoms with Gasteiger partial charge in [-0.1, -0.05) is 0 Å². The number of likely N-dealkylation sites (tertiary alicyclic amines) is 1. The fraction of sp³-hybridized carbons (Fsp3) is 0.409. The zero-order chi connectivity index (χ0) is 22.5. The molecule has 1 aliphatic heterocycles. The summed E-state index contributed by atoms with van der Waals surface area (Å²) in [5, 5.41) is 15.7. The molecule has 9 heteroatoms. The molecule has 1 saturated heterocycles. The number of rotatable bonds is 3. The smallest absolute Gasteiger partial charge is 0.416 e. The van der Waals surface area contributed by atoms with Crippen LogP contribution >= 0.6 is 0 Å². The van der Waals surface area contributed by atoms with Crippen molar-refractivity contribution in [2.24, 2.45) is 0 Å². The molecule has 1 amide bonds. The number of aromatic hydroxyl groups is 1. The van der Waals surface area contributed by atoms with Gasteiger partial charge in [-0.05, 0) is 51.5 Å². The molecule has 1 fully saturated rings. The normalized spacial score (nSPS) is 17.7. The number of phenols is 1. The van der Waals surface area contributed by atoms with E-state index in [0.717, 1.165) is 11.5 Å². The number of nitrogens with zero attached hydrogens (tertiary/aromatic N) is 4. The van der Waals surface area contributed by atoms with Crippen molar-refractivity contribution in [2.45, 2.75) is 51.9 Å². The number of pyridine rings is 1. The number of alkyl halides is 3. The Labute approximate surface area is 177 Å². The number of fused-ring (bicyclic) bond motifs is 1. The SMILES string of the molecule is Cc1c(C(F)(F)F)ccc(-c2ccc3cn(C4CCC(=O)N(C(C)C)C4)nc3n2)c1O. The molecule has 164 valence electrons. The number of carbonyl (C=O) groups is 1. The van der Waals surface area contributed by atoms with Crippen molar-refractivity contribution in [3.05, 3.63) is 41.6 Å². The van der Waals surface area contributed by atoms with E-state index in [4.69, 9.17) is 0 Å². The Morgan fingerprint density at radius 1 is 1.19 bits per heavy atom. The summed E-state index contributed by atoms with van der Waals surface area (Å²) in [4.78, 5) is 18.4. The first-order chi connectivity index (χ1) is 14.6. The minimum atomic E-state index is -4.54. The summed E-state index contributed by atoms with van der Waals surface area (Å²) in [7, 11) is 0. The molecule has 0 spiro atoms. The van der Waals surface area contributed by atoms with Crippen molar-refractivity contribution in [2.75, 3.05) is 6.54 Å². The Morgan fingerprint density at radius 3 is 2.61 bits per heavy atom. The predicted molar refractivity (Wildman–Crippen MR) is 109 cm³/mol. The number of amides is 1. The number of halogens is 3. The minimum absolute atomic E-state index is 0.0273. The number of benzene rings is 1. The van der Waals surface area contributed by atoms with Gasteiger partial charge in [0.05, 0.1) is 17.3 Å². The van der Waals surface area contributed by atoms with Crippen LogP contribution in [0.2, 0.25) is 0 Å². The zero-order valence-electron chi connectivity index (χ0n) is 17.4. The van der Waals surface area contributed by atoms with Crippen LogP contribution in [0.3, 0.4) is 0 Å². The maximum absolute atomic E-state index is 13.1. The van der Waals surface area contributed by atoms with Crippen molar-refractivity contribution in [1.29, 1.82) is 0 Å². The van der Waals surface area contributed by atoms with Gasteiger partial charge in [-0.2, -0.15) is 18.3 Å². The number of piperidine rings is 1. The molecule has 0 bridgehead atoms. The standard InChI is InChI=1S/C22H23F3N4O2/c1-12(2)28-11-15(5-9-19(28)30)29-10-14-4-8-18(26-21(14)27-29)16-6-7-17(22(23,24)25)13(3)20(16)31/h4,6-8,10,12,15,31H,5,9,11H2,1-3H3. The lowest BCUT2D eigenvalue weighted by Crippen LogP contribution is -2.44. The van der Waals surface area contributed by atoms with Crippen molar-refractivity contribution in [3.63, 3.8) is 0 Å². The van der Waals surface area contributed by atoms with Gasteiger partial charge in [0.15, 0.2) is 5.65 Å². The number of hydrogen-bond donors (Lipinski definition) is 1. The van der Waals surface area contributed by atoms with E-state index >= 15 is 0 Å². The highest BCUT2D eigenvalue weighted by Gasteiger charge is 2.34. The molecule has 4 rings (SSSR count). The Balaban J connectivity index is 1.68. The van der Waals surface area contributed by atoms with Crippen molar-refractivity contribution in [3.8, 4) is 17.0 Å². The highest BCUT2D eigenvalue weighted by molar-refractivity contribution is 5.80. The van der Waals surface area contributed by atoms with Crippen LogP contribution in [0, 0.1) is 6.92 Å². The Kier molecular flexibility index (Phi) is 5.15. The summed E-state index contributed by atoms with van der Waals surface area (Å²) < 4.78 is 41.1. The molecule has 3 heterocycles. The maximum Gasteiger partial charge on any atom is 0.416 e. The van der Waals surface area contributed by atoms with Crippen LogP contribution in [0.4, 0.5) is 13.2 Å². The first-order valence-corrected chi connectivity index (χ1v) is 10.1. The summed E-state index contributed by atoms with van der Waals surface area (Å²) in [6.45, 7) is 5.76. The molecule has 0 saturated carbocycles. The van der Waals surface area contributed by atoms with Gasteiger partial charge >= 0.3 is 6.18 Å². The van der Waals surface area contributed by atoms with E-state index < -0.39 is 17.5 Å². The van der Waals surface area contributed by atoms with Crippen LogP contribution in [0.15, 0.2) is 30.5 Å². The van der Waals surface area contributed by atoms with Crippen LogP contribution in [0.25, 0.3) is 22.3 Å². The highest BCUT2D eigenvalue weighted by Crippen LogP contribution is 2.40. The number of aromatic nitrogens is 3. The molecular weight excluding hydrogens is 409 g/mol. The van der Waals surface area contributed by atoms with Crippen molar-refractivity contribution < 1.29 is 23.1 Å². The number of carbonyl (C=O) groups excluding carboxylic acids is 1. The molecule has 1 aliphatic rings. The Hall–Kier alpha value is -3.10. The average molecular weight is 432 g/mol. The third-order valence-electron chi connectivity index (χ3n) is 5.82. The second-order valence-corrected chi connectivity index (χ2v) is 8.18. The molecule has 6 nitrogen and oxygen atoms in total. The van der Waals surface area contributed by atoms with E-state index in [9.17, 15) is 23.1 Å². The summed E-state index contributed by atoms with van der Waals surface area (Å²) in [5.74, 6) is -0.309. The van der Waals surface area contributed by atoms with Gasteiger partial charge in [0.2, 0.25) is 5.91 Å². The van der Waals surface area contributed by atoms with E-state index in [2.05, 4.69) is 10.1 Å². The molecule has 0 radical (unpaired) electrons. The van der Waals surface area contributed by atoms with E-state index in [1.54, 1.807) is 16.8 Å². The largest absolute Gasteiger partial charge is 0.507 e. The number of hydrogen-bond acceptors (Lipinski definition) is 4. The van der Waals surface area contributed by atoms with Gasteiger partial charge in [-0.25, -0.2) is 4.98 Å². The number of phenolic OH excluding ortho intramolecular Hbond substituents is 1. The zero-order valence-corrected chi connectivity index (χ0v) is 17.4. The molecule has 1 N–H and O–H groups in total. The maximum atomic E-state index is 13.1. The molecule has 1 unspecified atom stereocenters. The Bertz CT molecular complexity index is 1150. The first-order valence-electron chi connectivity index (χ1n) is 10.1. The van der Waals surface area contributed by atoms with Gasteiger partial charge in [-0.15, -0.1) is 0 Å². The van der Waals surface area contributed by atoms with Crippen LogP contribution in [0.1, 0.15) is 43.9 Å². The molecule has 2 aromatic heterocycles. The van der Waals surface area contributed by atoms with Crippen LogP contribution in [-0.2, 0) is 11.0 Å². The quantitative estimate of drug-likeness (QED) is 0.651. The second-order valence-electron chi connectivity index (χ2n) is 8.18. The summed E-state index contributed by atoms with van der Waals surface area (Å²) >= 11 is 0. The Morgan fingerprint density at radius 2 is 1.94 bits per heavy atom. The average Bonchev–Trinajstić information content (AvgIpc) is 3.12. The van der Waals surface area contributed by atoms with Crippen molar-refractivity contribution in [1.82, 2.24) is 19.7 Å². The third-order valence-corrected chi connectivity index (χ3v) is 5.82. The fourth-order valence-electron chi connectivity index (χ4n) is 4.04. The lowest BCUT2D eigenvalue weighted by atomic mass is 10.0. The monoisotopic (exact) mass is 432 g/mol. The lowest BCUT2D eigenvalue weighted by molar-refractivity contribution is -0.138. The summed E-state index contributed by atoms with van der Waals surface area (Å²) in [6, 6.07) is 5.75. The fourth-order valence-corrected chi connectivity index (χ4v) is 4.04. The topological polar surface area (TPSA) is 71.2 Å². The molecule has 1 atom stereocenters. The molecule has 1 aromatic carbocycles. The molecule has 3 aromatic rings. The van der Waals surface area contributed by atoms with Crippen molar-refractivity contribution >= 4 is 16.9 Å².